The fraction of sp³-hybridized carbons (Fsp3) is 0.344. The number of benzene rings is 3. The summed E-state index contributed by atoms with van der Waals surface area (Å²) in [5, 5.41) is 0.679. The highest BCUT2D eigenvalue weighted by Gasteiger charge is 2.31. The second-order valence-corrected chi connectivity index (χ2v) is 11.4. The largest absolute Gasteiger partial charge is 0.495 e. The zero-order valence-electron chi connectivity index (χ0n) is 23.8. The third-order valence-electron chi connectivity index (χ3n) is 7.50. The molecule has 7 nitrogen and oxygen atoms in total. The molecule has 0 atom stereocenters. The Labute approximate surface area is 252 Å². The van der Waals surface area contributed by atoms with Crippen molar-refractivity contribution in [2.75, 3.05) is 43.9 Å². The van der Waals surface area contributed by atoms with Gasteiger partial charge in [-0.2, -0.15) is 13.2 Å². The molecule has 1 fully saturated rings. The van der Waals surface area contributed by atoms with E-state index in [1.807, 2.05) is 29.2 Å². The molecular weight excluding hydrogens is 577 g/mol. The van der Waals surface area contributed by atoms with Crippen molar-refractivity contribution < 1.29 is 22.7 Å². The topological polar surface area (TPSA) is 67.7 Å². The molecule has 5 rings (SSSR count). The molecule has 1 aromatic heterocycles. The van der Waals surface area contributed by atoms with Crippen LogP contribution in [0.15, 0.2) is 82.7 Å². The van der Waals surface area contributed by atoms with Gasteiger partial charge in [0.15, 0.2) is 5.16 Å². The molecule has 11 heteroatoms. The fourth-order valence-corrected chi connectivity index (χ4v) is 6.23. The molecule has 4 aromatic rings. The van der Waals surface area contributed by atoms with Crippen LogP contribution in [0, 0.1) is 0 Å². The maximum Gasteiger partial charge on any atom is 0.416 e. The van der Waals surface area contributed by atoms with E-state index in [4.69, 9.17) is 4.74 Å². The molecule has 0 unspecified atom stereocenters. The van der Waals surface area contributed by atoms with Gasteiger partial charge in [-0.15, -0.1) is 0 Å². The number of carbonyl (C=O) groups is 1. The van der Waals surface area contributed by atoms with E-state index >= 15 is 0 Å². The average molecular weight is 611 g/mol. The lowest BCUT2D eigenvalue weighted by Gasteiger charge is -2.36. The average Bonchev–Trinajstić information content (AvgIpc) is 3.02. The van der Waals surface area contributed by atoms with Gasteiger partial charge in [-0.05, 0) is 55.3 Å². The van der Waals surface area contributed by atoms with Crippen molar-refractivity contribution in [2.45, 2.75) is 37.0 Å². The monoisotopic (exact) mass is 610 g/mol. The second-order valence-electron chi connectivity index (χ2n) is 10.3. The zero-order valence-corrected chi connectivity index (χ0v) is 24.7. The molecule has 0 aliphatic carbocycles. The minimum Gasteiger partial charge on any atom is -0.495 e. The number of para-hydroxylation sites is 3. The fourth-order valence-electron chi connectivity index (χ4n) is 5.22. The first-order valence-corrected chi connectivity index (χ1v) is 15.2. The Kier molecular flexibility index (Phi) is 9.59. The van der Waals surface area contributed by atoms with Crippen molar-refractivity contribution in [2.24, 2.45) is 0 Å². The molecule has 2 heterocycles. The molecule has 43 heavy (non-hydrogen) atoms. The van der Waals surface area contributed by atoms with Crippen LogP contribution in [0.5, 0.6) is 5.75 Å². The molecule has 0 N–H and O–H groups in total. The lowest BCUT2D eigenvalue weighted by atomic mass is 10.1. The van der Waals surface area contributed by atoms with Crippen molar-refractivity contribution in [3.8, 4) is 11.4 Å². The van der Waals surface area contributed by atoms with Crippen molar-refractivity contribution in [1.82, 2.24) is 14.5 Å². The Balaban J connectivity index is 1.15. The third-order valence-corrected chi connectivity index (χ3v) is 8.53. The number of amides is 1. The molecule has 0 radical (unpaired) electrons. The molecule has 1 aliphatic heterocycles. The van der Waals surface area contributed by atoms with E-state index in [0.717, 1.165) is 55.9 Å². The summed E-state index contributed by atoms with van der Waals surface area (Å²) >= 11 is 1.33. The summed E-state index contributed by atoms with van der Waals surface area (Å²) in [6.07, 6.45) is -1.76. The number of hydrogen-bond donors (Lipinski definition) is 0. The van der Waals surface area contributed by atoms with Gasteiger partial charge in [0.2, 0.25) is 5.91 Å². The Hall–Kier alpha value is -3.99. The SMILES string of the molecule is COc1ccccc1N1CCN(C(=O)CCCCCSc2nc3ccccc3c(=O)n2-c2cccc(C(F)(F)F)c2)CC1. The molecule has 0 spiro atoms. The van der Waals surface area contributed by atoms with Gasteiger partial charge in [0.1, 0.15) is 5.75 Å². The normalized spacial score (nSPS) is 13.9. The molecule has 0 bridgehead atoms. The summed E-state index contributed by atoms with van der Waals surface area (Å²) in [5.74, 6) is 1.57. The number of hydrogen-bond acceptors (Lipinski definition) is 6. The van der Waals surface area contributed by atoms with Crippen LogP contribution in [-0.4, -0.2) is 59.4 Å². The van der Waals surface area contributed by atoms with E-state index in [2.05, 4.69) is 9.88 Å². The van der Waals surface area contributed by atoms with Crippen molar-refractivity contribution in [1.29, 1.82) is 0 Å². The van der Waals surface area contributed by atoms with Crippen LogP contribution in [0.2, 0.25) is 0 Å². The number of unbranched alkanes of at least 4 members (excludes halogenated alkanes) is 2. The number of rotatable bonds is 10. The van der Waals surface area contributed by atoms with E-state index in [-0.39, 0.29) is 11.6 Å². The van der Waals surface area contributed by atoms with Gasteiger partial charge in [-0.25, -0.2) is 4.98 Å². The first-order valence-electron chi connectivity index (χ1n) is 14.2. The number of anilines is 1. The minimum absolute atomic E-state index is 0.122. The van der Waals surface area contributed by atoms with E-state index in [1.165, 1.54) is 28.5 Å². The Bertz CT molecular complexity index is 1630. The lowest BCUT2D eigenvalue weighted by Crippen LogP contribution is -2.48. The molecule has 1 amide bonds. The number of alkyl halides is 3. The number of piperazine rings is 1. The summed E-state index contributed by atoms with van der Waals surface area (Å²) in [4.78, 5) is 35.0. The van der Waals surface area contributed by atoms with Gasteiger partial charge in [0, 0.05) is 38.4 Å². The van der Waals surface area contributed by atoms with Gasteiger partial charge < -0.3 is 14.5 Å². The zero-order chi connectivity index (χ0) is 30.4. The Morgan fingerprint density at radius 2 is 1.67 bits per heavy atom. The predicted molar refractivity (Wildman–Crippen MR) is 163 cm³/mol. The third kappa shape index (κ3) is 7.15. The van der Waals surface area contributed by atoms with Gasteiger partial charge in [-0.1, -0.05) is 48.5 Å². The summed E-state index contributed by atoms with van der Waals surface area (Å²) < 4.78 is 47.0. The highest BCUT2D eigenvalue weighted by atomic mass is 32.2. The summed E-state index contributed by atoms with van der Waals surface area (Å²) in [6, 6.07) is 19.4. The van der Waals surface area contributed by atoms with Crippen molar-refractivity contribution in [3.05, 3.63) is 88.7 Å². The van der Waals surface area contributed by atoms with Crippen LogP contribution < -0.4 is 15.2 Å². The lowest BCUT2D eigenvalue weighted by molar-refractivity contribution is -0.137. The number of thioether (sulfide) groups is 1. The van der Waals surface area contributed by atoms with Gasteiger partial charge in [0.25, 0.3) is 5.56 Å². The molecule has 3 aromatic carbocycles. The van der Waals surface area contributed by atoms with Crippen LogP contribution in [0.25, 0.3) is 16.6 Å². The molecular formula is C32H33F3N4O3S. The van der Waals surface area contributed by atoms with Crippen molar-refractivity contribution in [3.63, 3.8) is 0 Å². The second kappa shape index (κ2) is 13.5. The molecule has 226 valence electrons. The maximum absolute atomic E-state index is 13.4. The van der Waals surface area contributed by atoms with Crippen molar-refractivity contribution >= 4 is 34.3 Å². The first-order chi connectivity index (χ1) is 20.8. The highest BCUT2D eigenvalue weighted by molar-refractivity contribution is 7.99. The van der Waals surface area contributed by atoms with Crippen LogP contribution in [0.3, 0.4) is 0 Å². The smallest absolute Gasteiger partial charge is 0.416 e. The molecule has 1 saturated heterocycles. The Morgan fingerprint density at radius 3 is 2.44 bits per heavy atom. The number of ether oxygens (including phenoxy) is 1. The standard InChI is InChI=1S/C32H33F3N4O3S/c1-42-28-15-7-6-14-27(28)37-17-19-38(20-18-37)29(40)16-3-2-8-21-43-31-36-26-13-5-4-12-25(26)30(41)39(31)24-11-9-10-23(22-24)32(33,34)35/h4-7,9-15,22H,2-3,8,16-21H2,1H3. The number of nitrogens with zero attached hydrogens (tertiary/aromatic N) is 4. The quantitative estimate of drug-likeness (QED) is 0.117. The number of aromatic nitrogens is 2. The number of methoxy groups -OCH3 is 1. The van der Waals surface area contributed by atoms with E-state index in [0.29, 0.717) is 41.3 Å². The predicted octanol–water partition coefficient (Wildman–Crippen LogP) is 6.41. The van der Waals surface area contributed by atoms with Crippen LogP contribution >= 0.6 is 11.8 Å². The maximum atomic E-state index is 13.4. The van der Waals surface area contributed by atoms with Gasteiger partial charge in [0.05, 0.1) is 35.0 Å². The van der Waals surface area contributed by atoms with E-state index in [1.54, 1.807) is 31.4 Å². The Morgan fingerprint density at radius 1 is 0.930 bits per heavy atom. The molecule has 0 saturated carbocycles. The molecule has 1 aliphatic rings. The summed E-state index contributed by atoms with van der Waals surface area (Å²) in [7, 11) is 1.66. The highest BCUT2D eigenvalue weighted by Crippen LogP contribution is 2.32. The van der Waals surface area contributed by atoms with E-state index in [9.17, 15) is 22.8 Å². The number of halogens is 3. The summed E-state index contributed by atoms with van der Waals surface area (Å²) in [6.45, 7) is 2.81. The summed E-state index contributed by atoms with van der Waals surface area (Å²) in [5.41, 5.74) is 0.413. The van der Waals surface area contributed by atoms with Crippen LogP contribution in [0.4, 0.5) is 18.9 Å². The van der Waals surface area contributed by atoms with Gasteiger partial charge in [-0.3, -0.25) is 14.2 Å². The number of carbonyl (C=O) groups excluding carboxylic acids is 1. The van der Waals surface area contributed by atoms with Gasteiger partial charge >= 0.3 is 6.18 Å². The minimum atomic E-state index is -4.53. The van der Waals surface area contributed by atoms with Crippen LogP contribution in [-0.2, 0) is 11.0 Å². The van der Waals surface area contributed by atoms with Crippen LogP contribution in [0.1, 0.15) is 31.2 Å². The number of fused-ring (bicyclic) bond motifs is 1. The first kappa shape index (κ1) is 30.5. The van der Waals surface area contributed by atoms with E-state index < -0.39 is 17.3 Å².